The molecule has 0 rings (SSSR count). The van der Waals surface area contributed by atoms with Crippen molar-refractivity contribution in [1.29, 1.82) is 0 Å². The SMILES string of the molecule is CCN(CC)C(=O)C(C)NCC(C)=CCl. The van der Waals surface area contributed by atoms with E-state index in [2.05, 4.69) is 5.32 Å². The van der Waals surface area contributed by atoms with Crippen LogP contribution in [0.15, 0.2) is 11.1 Å². The first-order valence-electron chi connectivity index (χ1n) is 5.34. The molecule has 15 heavy (non-hydrogen) atoms. The van der Waals surface area contributed by atoms with E-state index in [1.807, 2.05) is 32.6 Å². The second-order valence-electron chi connectivity index (χ2n) is 3.57. The molecule has 1 atom stereocenters. The first-order chi connectivity index (χ1) is 7.06. The number of carbonyl (C=O) groups excluding carboxylic acids is 1. The molecule has 1 amide bonds. The van der Waals surface area contributed by atoms with Crippen molar-refractivity contribution in [2.45, 2.75) is 33.7 Å². The molecule has 0 aromatic heterocycles. The first-order valence-corrected chi connectivity index (χ1v) is 5.78. The van der Waals surface area contributed by atoms with Gasteiger partial charge in [-0.1, -0.05) is 11.6 Å². The van der Waals surface area contributed by atoms with Gasteiger partial charge >= 0.3 is 0 Å². The van der Waals surface area contributed by atoms with Gasteiger partial charge in [-0.15, -0.1) is 0 Å². The highest BCUT2D eigenvalue weighted by molar-refractivity contribution is 6.25. The summed E-state index contributed by atoms with van der Waals surface area (Å²) in [6.07, 6.45) is 0. The molecule has 0 aliphatic heterocycles. The molecule has 0 heterocycles. The molecule has 4 heteroatoms. The molecule has 0 aliphatic rings. The Labute approximate surface area is 97.5 Å². The Hall–Kier alpha value is -0.540. The van der Waals surface area contributed by atoms with Gasteiger partial charge in [-0.3, -0.25) is 4.79 Å². The Balaban J connectivity index is 4.09. The minimum atomic E-state index is -0.156. The zero-order valence-corrected chi connectivity index (χ0v) is 10.8. The van der Waals surface area contributed by atoms with E-state index in [0.29, 0.717) is 6.54 Å². The van der Waals surface area contributed by atoms with Crippen molar-refractivity contribution in [1.82, 2.24) is 10.2 Å². The van der Waals surface area contributed by atoms with Gasteiger partial charge in [0.15, 0.2) is 0 Å². The smallest absolute Gasteiger partial charge is 0.239 e. The molecular formula is C11H21ClN2O. The summed E-state index contributed by atoms with van der Waals surface area (Å²) in [5.41, 5.74) is 2.55. The molecule has 0 aliphatic carbocycles. The summed E-state index contributed by atoms with van der Waals surface area (Å²) in [6.45, 7) is 9.93. The monoisotopic (exact) mass is 232 g/mol. The maximum atomic E-state index is 11.8. The maximum absolute atomic E-state index is 11.8. The molecule has 0 radical (unpaired) electrons. The Kier molecular flexibility index (Phi) is 7.44. The van der Waals surface area contributed by atoms with Crippen LogP contribution in [0.3, 0.4) is 0 Å². The summed E-state index contributed by atoms with van der Waals surface area (Å²) >= 11 is 5.53. The van der Waals surface area contributed by atoms with Gasteiger partial charge in [-0.2, -0.15) is 0 Å². The van der Waals surface area contributed by atoms with Crippen LogP contribution in [0.5, 0.6) is 0 Å². The summed E-state index contributed by atoms with van der Waals surface area (Å²) in [6, 6.07) is -0.156. The van der Waals surface area contributed by atoms with Gasteiger partial charge < -0.3 is 10.2 Å². The van der Waals surface area contributed by atoms with Crippen molar-refractivity contribution in [2.24, 2.45) is 0 Å². The van der Waals surface area contributed by atoms with E-state index >= 15 is 0 Å². The highest BCUT2D eigenvalue weighted by Gasteiger charge is 2.16. The van der Waals surface area contributed by atoms with Crippen LogP contribution in [0.25, 0.3) is 0 Å². The van der Waals surface area contributed by atoms with Crippen molar-refractivity contribution in [3.63, 3.8) is 0 Å². The van der Waals surface area contributed by atoms with Crippen LogP contribution in [0.1, 0.15) is 27.7 Å². The number of rotatable bonds is 6. The molecule has 0 spiro atoms. The maximum Gasteiger partial charge on any atom is 0.239 e. The van der Waals surface area contributed by atoms with Gasteiger partial charge in [0.1, 0.15) is 0 Å². The van der Waals surface area contributed by atoms with E-state index in [1.165, 1.54) is 5.54 Å². The van der Waals surface area contributed by atoms with E-state index < -0.39 is 0 Å². The van der Waals surface area contributed by atoms with Crippen LogP contribution in [-0.2, 0) is 4.79 Å². The molecule has 0 aromatic rings. The average Bonchev–Trinajstić information content (AvgIpc) is 2.26. The lowest BCUT2D eigenvalue weighted by Gasteiger charge is -2.23. The number of halogens is 1. The van der Waals surface area contributed by atoms with E-state index in [4.69, 9.17) is 11.6 Å². The van der Waals surface area contributed by atoms with Crippen LogP contribution in [0, 0.1) is 0 Å². The normalized spacial score (nSPS) is 13.8. The third-order valence-corrected chi connectivity index (χ3v) is 2.69. The zero-order valence-electron chi connectivity index (χ0n) is 10.0. The van der Waals surface area contributed by atoms with Gasteiger partial charge in [0.05, 0.1) is 6.04 Å². The standard InChI is InChI=1S/C11H21ClN2O/c1-5-14(6-2)11(15)10(4)13-8-9(3)7-12/h7,10,13H,5-6,8H2,1-4H3. The number of hydrogen-bond acceptors (Lipinski definition) is 2. The summed E-state index contributed by atoms with van der Waals surface area (Å²) in [5, 5.41) is 3.14. The van der Waals surface area contributed by atoms with Crippen LogP contribution in [0.2, 0.25) is 0 Å². The average molecular weight is 233 g/mol. The largest absolute Gasteiger partial charge is 0.342 e. The molecular weight excluding hydrogens is 212 g/mol. The minimum Gasteiger partial charge on any atom is -0.342 e. The van der Waals surface area contributed by atoms with Crippen LogP contribution in [0.4, 0.5) is 0 Å². The van der Waals surface area contributed by atoms with E-state index in [1.54, 1.807) is 0 Å². The summed E-state index contributed by atoms with van der Waals surface area (Å²) in [4.78, 5) is 13.6. The number of nitrogens with zero attached hydrogens (tertiary/aromatic N) is 1. The quantitative estimate of drug-likeness (QED) is 0.760. The van der Waals surface area contributed by atoms with Crippen molar-refractivity contribution in [3.05, 3.63) is 11.1 Å². The number of likely N-dealkylation sites (N-methyl/N-ethyl adjacent to an activating group) is 1. The fourth-order valence-corrected chi connectivity index (χ4v) is 1.33. The predicted octanol–water partition coefficient (Wildman–Crippen LogP) is 1.98. The van der Waals surface area contributed by atoms with Gasteiger partial charge in [-0.25, -0.2) is 0 Å². The van der Waals surface area contributed by atoms with Crippen molar-refractivity contribution >= 4 is 17.5 Å². The lowest BCUT2D eigenvalue weighted by atomic mass is 10.2. The third-order valence-electron chi connectivity index (χ3n) is 2.32. The van der Waals surface area contributed by atoms with Crippen molar-refractivity contribution < 1.29 is 4.79 Å². The lowest BCUT2D eigenvalue weighted by Crippen LogP contribution is -2.45. The van der Waals surface area contributed by atoms with Gasteiger partial charge in [0.25, 0.3) is 0 Å². The zero-order chi connectivity index (χ0) is 11.8. The van der Waals surface area contributed by atoms with Gasteiger partial charge in [0.2, 0.25) is 5.91 Å². The van der Waals surface area contributed by atoms with Gasteiger partial charge in [0, 0.05) is 25.2 Å². The molecule has 0 aromatic carbocycles. The highest BCUT2D eigenvalue weighted by atomic mass is 35.5. The number of hydrogen-bond donors (Lipinski definition) is 1. The topological polar surface area (TPSA) is 32.3 Å². The number of amides is 1. The Morgan fingerprint density at radius 3 is 2.40 bits per heavy atom. The van der Waals surface area contributed by atoms with Crippen molar-refractivity contribution in [3.8, 4) is 0 Å². The second-order valence-corrected chi connectivity index (χ2v) is 3.79. The van der Waals surface area contributed by atoms with Gasteiger partial charge in [-0.05, 0) is 33.3 Å². The molecule has 0 saturated heterocycles. The number of carbonyl (C=O) groups is 1. The van der Waals surface area contributed by atoms with Crippen LogP contribution < -0.4 is 5.32 Å². The molecule has 0 bridgehead atoms. The van der Waals surface area contributed by atoms with Crippen molar-refractivity contribution in [2.75, 3.05) is 19.6 Å². The van der Waals surface area contributed by atoms with E-state index in [-0.39, 0.29) is 11.9 Å². The second kappa shape index (κ2) is 7.71. The molecule has 0 fully saturated rings. The lowest BCUT2D eigenvalue weighted by molar-refractivity contribution is -0.132. The number of nitrogens with one attached hydrogen (secondary N) is 1. The summed E-state index contributed by atoms with van der Waals surface area (Å²) < 4.78 is 0. The fourth-order valence-electron chi connectivity index (χ4n) is 1.25. The summed E-state index contributed by atoms with van der Waals surface area (Å²) in [7, 11) is 0. The fraction of sp³-hybridized carbons (Fsp3) is 0.727. The van der Waals surface area contributed by atoms with E-state index in [0.717, 1.165) is 18.7 Å². The van der Waals surface area contributed by atoms with E-state index in [9.17, 15) is 4.79 Å². The van der Waals surface area contributed by atoms with Crippen LogP contribution in [-0.4, -0.2) is 36.5 Å². The molecule has 1 unspecified atom stereocenters. The Morgan fingerprint density at radius 1 is 1.47 bits per heavy atom. The molecule has 88 valence electrons. The Morgan fingerprint density at radius 2 is 2.00 bits per heavy atom. The molecule has 3 nitrogen and oxygen atoms in total. The third kappa shape index (κ3) is 5.19. The first kappa shape index (κ1) is 14.5. The molecule has 0 saturated carbocycles. The highest BCUT2D eigenvalue weighted by Crippen LogP contribution is 1.97. The Bertz CT molecular complexity index is 225. The minimum absolute atomic E-state index is 0.141. The predicted molar refractivity (Wildman–Crippen MR) is 65.0 cm³/mol. The molecule has 1 N–H and O–H groups in total. The van der Waals surface area contributed by atoms with Crippen LogP contribution >= 0.6 is 11.6 Å². The summed E-state index contributed by atoms with van der Waals surface area (Å²) in [5.74, 6) is 0.141.